The molecule has 0 radical (unpaired) electrons. The Hall–Kier alpha value is -1.02. The first kappa shape index (κ1) is 10.5. The molecule has 1 aromatic rings. The van der Waals surface area contributed by atoms with Crippen molar-refractivity contribution in [3.63, 3.8) is 0 Å². The van der Waals surface area contributed by atoms with Crippen LogP contribution in [-0.2, 0) is 0 Å². The molecule has 2 heteroatoms. The molecule has 2 rings (SSSR count). The highest BCUT2D eigenvalue weighted by atomic mass is 15.1. The molecule has 1 saturated heterocycles. The van der Waals surface area contributed by atoms with Gasteiger partial charge in [0, 0.05) is 25.3 Å². The molecule has 0 saturated carbocycles. The van der Waals surface area contributed by atoms with Crippen LogP contribution < -0.4 is 10.2 Å². The van der Waals surface area contributed by atoms with Gasteiger partial charge in [-0.1, -0.05) is 18.2 Å². The first-order valence-electron chi connectivity index (χ1n) is 5.77. The van der Waals surface area contributed by atoms with Crippen molar-refractivity contribution >= 4 is 5.69 Å². The molecular weight excluding hydrogens is 184 g/mol. The fourth-order valence-corrected chi connectivity index (χ4v) is 2.33. The Bertz CT molecular complexity index is 316. The number of aryl methyl sites for hydroxylation is 1. The lowest BCUT2D eigenvalue weighted by molar-refractivity contribution is 0.599. The molecule has 0 aromatic heterocycles. The molecular formula is C13H20N2. The number of anilines is 1. The van der Waals surface area contributed by atoms with Crippen molar-refractivity contribution < 1.29 is 0 Å². The van der Waals surface area contributed by atoms with E-state index in [1.807, 2.05) is 0 Å². The van der Waals surface area contributed by atoms with E-state index in [9.17, 15) is 0 Å². The number of hydrogen-bond acceptors (Lipinski definition) is 2. The van der Waals surface area contributed by atoms with Gasteiger partial charge in [-0.25, -0.2) is 0 Å². The van der Waals surface area contributed by atoms with E-state index in [1.165, 1.54) is 30.6 Å². The summed E-state index contributed by atoms with van der Waals surface area (Å²) in [6.07, 6.45) is 2.64. The summed E-state index contributed by atoms with van der Waals surface area (Å²) in [7, 11) is 2.18. The van der Waals surface area contributed by atoms with Gasteiger partial charge in [0.05, 0.1) is 0 Å². The van der Waals surface area contributed by atoms with Gasteiger partial charge in [0.15, 0.2) is 0 Å². The fourth-order valence-electron chi connectivity index (χ4n) is 2.33. The number of rotatable bonds is 3. The molecule has 0 unspecified atom stereocenters. The molecule has 1 aliphatic heterocycles. The molecule has 1 heterocycles. The number of benzene rings is 1. The van der Waals surface area contributed by atoms with Crippen LogP contribution in [0.25, 0.3) is 0 Å². The Balaban J connectivity index is 2.00. The minimum atomic E-state index is 0.676. The molecule has 1 fully saturated rings. The van der Waals surface area contributed by atoms with E-state index in [0.29, 0.717) is 6.04 Å². The van der Waals surface area contributed by atoms with E-state index in [1.54, 1.807) is 0 Å². The number of hydrogen-bond donors (Lipinski definition) is 1. The van der Waals surface area contributed by atoms with Crippen LogP contribution in [0.4, 0.5) is 5.69 Å². The van der Waals surface area contributed by atoms with Crippen molar-refractivity contribution in [1.29, 1.82) is 0 Å². The van der Waals surface area contributed by atoms with Gasteiger partial charge in [-0.05, 0) is 37.9 Å². The van der Waals surface area contributed by atoms with Crippen LogP contribution in [0, 0.1) is 6.92 Å². The first-order chi connectivity index (χ1) is 7.27. The lowest BCUT2D eigenvalue weighted by atomic mass is 10.1. The minimum absolute atomic E-state index is 0.676. The third-order valence-electron chi connectivity index (χ3n) is 3.18. The number of nitrogens with zero attached hydrogens (tertiary/aromatic N) is 1. The second-order valence-electron chi connectivity index (χ2n) is 4.46. The molecule has 0 spiro atoms. The van der Waals surface area contributed by atoms with Gasteiger partial charge >= 0.3 is 0 Å². The summed E-state index contributed by atoms with van der Waals surface area (Å²) >= 11 is 0. The average molecular weight is 204 g/mol. The Kier molecular flexibility index (Phi) is 3.27. The monoisotopic (exact) mass is 204 g/mol. The average Bonchev–Trinajstić information content (AvgIpc) is 2.71. The molecule has 15 heavy (non-hydrogen) atoms. The van der Waals surface area contributed by atoms with Crippen LogP contribution in [0.1, 0.15) is 18.4 Å². The maximum absolute atomic E-state index is 3.54. The van der Waals surface area contributed by atoms with Gasteiger partial charge < -0.3 is 10.2 Å². The molecule has 0 amide bonds. The Morgan fingerprint density at radius 3 is 2.87 bits per heavy atom. The number of likely N-dealkylation sites (N-methyl/N-ethyl adjacent to an activating group) is 1. The van der Waals surface area contributed by atoms with Gasteiger partial charge in [-0.2, -0.15) is 0 Å². The minimum Gasteiger partial charge on any atom is -0.373 e. The van der Waals surface area contributed by atoms with Gasteiger partial charge in [-0.3, -0.25) is 0 Å². The molecule has 1 atom stereocenters. The topological polar surface area (TPSA) is 15.3 Å². The number of para-hydroxylation sites is 1. The first-order valence-corrected chi connectivity index (χ1v) is 5.77. The second-order valence-corrected chi connectivity index (χ2v) is 4.46. The van der Waals surface area contributed by atoms with Gasteiger partial charge in [0.25, 0.3) is 0 Å². The Labute approximate surface area is 92.3 Å². The lowest BCUT2D eigenvalue weighted by Crippen LogP contribution is -2.35. The van der Waals surface area contributed by atoms with Crippen molar-refractivity contribution in [1.82, 2.24) is 5.32 Å². The zero-order valence-corrected chi connectivity index (χ0v) is 9.66. The SMILES string of the molecule is Cc1ccccc1N(C)C[C@@H]1CCCN1. The van der Waals surface area contributed by atoms with E-state index in [2.05, 4.69) is 48.5 Å². The fraction of sp³-hybridized carbons (Fsp3) is 0.538. The van der Waals surface area contributed by atoms with Gasteiger partial charge in [0.2, 0.25) is 0 Å². The Morgan fingerprint density at radius 1 is 1.40 bits per heavy atom. The molecule has 0 aliphatic carbocycles. The van der Waals surface area contributed by atoms with E-state index in [-0.39, 0.29) is 0 Å². The second kappa shape index (κ2) is 4.67. The maximum atomic E-state index is 3.54. The van der Waals surface area contributed by atoms with Crippen LogP contribution in [0.2, 0.25) is 0 Å². The Morgan fingerprint density at radius 2 is 2.20 bits per heavy atom. The molecule has 0 bridgehead atoms. The summed E-state index contributed by atoms with van der Waals surface area (Å²) in [5.74, 6) is 0. The smallest absolute Gasteiger partial charge is 0.0393 e. The summed E-state index contributed by atoms with van der Waals surface area (Å²) in [4.78, 5) is 2.36. The summed E-state index contributed by atoms with van der Waals surface area (Å²) in [6.45, 7) is 4.48. The predicted molar refractivity (Wildman–Crippen MR) is 65.5 cm³/mol. The highest BCUT2D eigenvalue weighted by Gasteiger charge is 2.16. The normalized spacial score (nSPS) is 20.5. The van der Waals surface area contributed by atoms with Crippen LogP contribution in [0.3, 0.4) is 0 Å². The van der Waals surface area contributed by atoms with Crippen molar-refractivity contribution in [3.8, 4) is 0 Å². The summed E-state index contributed by atoms with van der Waals surface area (Å²) in [6, 6.07) is 9.26. The molecule has 1 aliphatic rings. The van der Waals surface area contributed by atoms with Crippen molar-refractivity contribution in [2.24, 2.45) is 0 Å². The third-order valence-corrected chi connectivity index (χ3v) is 3.18. The van der Waals surface area contributed by atoms with E-state index in [0.717, 1.165) is 6.54 Å². The highest BCUT2D eigenvalue weighted by molar-refractivity contribution is 5.52. The third kappa shape index (κ3) is 2.51. The standard InChI is InChI=1S/C13H20N2/c1-11-6-3-4-8-13(11)15(2)10-12-7-5-9-14-12/h3-4,6,8,12,14H,5,7,9-10H2,1-2H3/t12-/m0/s1. The van der Waals surface area contributed by atoms with E-state index >= 15 is 0 Å². The molecule has 1 aromatic carbocycles. The summed E-state index contributed by atoms with van der Waals surface area (Å²) in [5.41, 5.74) is 2.71. The lowest BCUT2D eigenvalue weighted by Gasteiger charge is -2.24. The van der Waals surface area contributed by atoms with Crippen LogP contribution >= 0.6 is 0 Å². The summed E-state index contributed by atoms with van der Waals surface area (Å²) in [5, 5.41) is 3.54. The van der Waals surface area contributed by atoms with E-state index < -0.39 is 0 Å². The van der Waals surface area contributed by atoms with Crippen LogP contribution in [0.15, 0.2) is 24.3 Å². The van der Waals surface area contributed by atoms with E-state index in [4.69, 9.17) is 0 Å². The van der Waals surface area contributed by atoms with Crippen LogP contribution in [0.5, 0.6) is 0 Å². The quantitative estimate of drug-likeness (QED) is 0.812. The highest BCUT2D eigenvalue weighted by Crippen LogP contribution is 2.19. The van der Waals surface area contributed by atoms with Crippen LogP contribution in [-0.4, -0.2) is 26.2 Å². The summed E-state index contributed by atoms with van der Waals surface area (Å²) < 4.78 is 0. The molecule has 2 nitrogen and oxygen atoms in total. The van der Waals surface area contributed by atoms with Crippen molar-refractivity contribution in [3.05, 3.63) is 29.8 Å². The van der Waals surface area contributed by atoms with Gasteiger partial charge in [0.1, 0.15) is 0 Å². The molecule has 82 valence electrons. The maximum Gasteiger partial charge on any atom is 0.0393 e. The largest absolute Gasteiger partial charge is 0.373 e. The predicted octanol–water partition coefficient (Wildman–Crippen LogP) is 2.18. The molecule has 1 N–H and O–H groups in total. The zero-order chi connectivity index (χ0) is 10.7. The van der Waals surface area contributed by atoms with Gasteiger partial charge in [-0.15, -0.1) is 0 Å². The van der Waals surface area contributed by atoms with Crippen molar-refractivity contribution in [2.45, 2.75) is 25.8 Å². The van der Waals surface area contributed by atoms with Crippen molar-refractivity contribution in [2.75, 3.05) is 25.0 Å². The number of nitrogens with one attached hydrogen (secondary N) is 1. The zero-order valence-electron chi connectivity index (χ0n) is 9.66.